The molecule has 29 heavy (non-hydrogen) atoms. The van der Waals surface area contributed by atoms with Gasteiger partial charge in [-0.1, -0.05) is 48.0 Å². The predicted octanol–water partition coefficient (Wildman–Crippen LogP) is 0.923. The average Bonchev–Trinajstić information content (AvgIpc) is 3.17. The Kier molecular flexibility index (Phi) is 6.61. The normalized spacial score (nSPS) is 16.0. The fourth-order valence-electron chi connectivity index (χ4n) is 3.49. The van der Waals surface area contributed by atoms with Crippen LogP contribution in [-0.2, 0) is 16.0 Å². The maximum Gasteiger partial charge on any atom is 0.263 e. The van der Waals surface area contributed by atoms with Gasteiger partial charge in [0.2, 0.25) is 5.91 Å². The van der Waals surface area contributed by atoms with Crippen molar-refractivity contribution in [2.75, 3.05) is 26.2 Å². The van der Waals surface area contributed by atoms with E-state index in [1.807, 2.05) is 43.3 Å². The minimum atomic E-state index is -0.981. The number of hydrogen-bond acceptors (Lipinski definition) is 4. The van der Waals surface area contributed by atoms with Crippen LogP contribution in [0.4, 0.5) is 0 Å². The van der Waals surface area contributed by atoms with Crippen molar-refractivity contribution in [2.45, 2.75) is 19.5 Å². The lowest BCUT2D eigenvalue weighted by Gasteiger charge is -2.29. The Bertz CT molecular complexity index is 885. The summed E-state index contributed by atoms with van der Waals surface area (Å²) in [5.74, 6) is -0.851. The summed E-state index contributed by atoms with van der Waals surface area (Å²) < 4.78 is 0. The monoisotopic (exact) mass is 394 g/mol. The first kappa shape index (κ1) is 20.5. The molecular formula is C22H26N4O3. The van der Waals surface area contributed by atoms with Crippen molar-refractivity contribution in [1.82, 2.24) is 15.1 Å². The molecule has 1 heterocycles. The van der Waals surface area contributed by atoms with Gasteiger partial charge in [0.25, 0.3) is 11.8 Å². The zero-order chi connectivity index (χ0) is 20.8. The number of hydrogen-bond donors (Lipinski definition) is 2. The van der Waals surface area contributed by atoms with Gasteiger partial charge in [-0.3, -0.25) is 14.4 Å². The molecule has 0 bridgehead atoms. The molecule has 7 heteroatoms. The molecule has 1 aliphatic heterocycles. The number of nitrogens with one attached hydrogen (secondary N) is 1. The molecule has 7 nitrogen and oxygen atoms in total. The van der Waals surface area contributed by atoms with Gasteiger partial charge in [0.1, 0.15) is 0 Å². The van der Waals surface area contributed by atoms with E-state index < -0.39 is 12.1 Å². The zero-order valence-corrected chi connectivity index (χ0v) is 16.5. The van der Waals surface area contributed by atoms with Gasteiger partial charge in [-0.05, 0) is 24.6 Å². The summed E-state index contributed by atoms with van der Waals surface area (Å²) in [6, 6.07) is 16.6. The summed E-state index contributed by atoms with van der Waals surface area (Å²) >= 11 is 0. The molecule has 0 aromatic heterocycles. The van der Waals surface area contributed by atoms with Crippen LogP contribution < -0.4 is 11.1 Å². The third-order valence-corrected chi connectivity index (χ3v) is 4.89. The molecule has 0 radical (unpaired) electrons. The number of carbonyl (C=O) groups excluding carboxylic acids is 3. The lowest BCUT2D eigenvalue weighted by molar-refractivity contribution is -0.140. The zero-order valence-electron chi connectivity index (χ0n) is 16.5. The number of rotatable bonds is 6. The molecule has 3 amide bonds. The van der Waals surface area contributed by atoms with E-state index in [9.17, 15) is 14.4 Å². The van der Waals surface area contributed by atoms with Gasteiger partial charge in [0, 0.05) is 31.7 Å². The Morgan fingerprint density at radius 3 is 2.45 bits per heavy atom. The van der Waals surface area contributed by atoms with E-state index in [1.165, 1.54) is 9.80 Å². The summed E-state index contributed by atoms with van der Waals surface area (Å²) in [6.07, 6.45) is -0.806. The summed E-state index contributed by atoms with van der Waals surface area (Å²) in [7, 11) is 0. The highest BCUT2D eigenvalue weighted by Gasteiger charge is 2.42. The lowest BCUT2D eigenvalue weighted by atomic mass is 10.1. The number of amides is 3. The van der Waals surface area contributed by atoms with Crippen LogP contribution in [0.5, 0.6) is 0 Å². The molecule has 3 N–H and O–H groups in total. The van der Waals surface area contributed by atoms with Crippen molar-refractivity contribution in [3.8, 4) is 0 Å². The summed E-state index contributed by atoms with van der Waals surface area (Å²) in [4.78, 5) is 41.8. The van der Waals surface area contributed by atoms with E-state index in [2.05, 4.69) is 5.32 Å². The Morgan fingerprint density at radius 1 is 1.03 bits per heavy atom. The second-order valence-electron chi connectivity index (χ2n) is 7.07. The maximum atomic E-state index is 13.1. The molecule has 1 atom stereocenters. The number of benzene rings is 2. The van der Waals surface area contributed by atoms with Gasteiger partial charge in [0.15, 0.2) is 6.17 Å². The number of nitrogens with two attached hydrogens (primary N) is 1. The fourth-order valence-corrected chi connectivity index (χ4v) is 3.49. The molecule has 1 fully saturated rings. The standard InChI is InChI=1S/C22H26N4O3/c1-16-6-5-9-18(14-16)22(29)26-13-12-25(21(26)20(28)24-11-10-23)19(27)15-17-7-3-2-4-8-17/h2-9,14,21H,10-13,15,23H2,1H3,(H,24,28). The highest BCUT2D eigenvalue weighted by molar-refractivity contribution is 5.99. The smallest absolute Gasteiger partial charge is 0.263 e. The topological polar surface area (TPSA) is 95.7 Å². The minimum Gasteiger partial charge on any atom is -0.351 e. The Labute approximate surface area is 170 Å². The number of carbonyl (C=O) groups is 3. The van der Waals surface area contributed by atoms with Gasteiger partial charge in [-0.25, -0.2) is 0 Å². The Morgan fingerprint density at radius 2 is 1.76 bits per heavy atom. The van der Waals surface area contributed by atoms with Crippen molar-refractivity contribution >= 4 is 17.7 Å². The van der Waals surface area contributed by atoms with Crippen molar-refractivity contribution in [2.24, 2.45) is 5.73 Å². The third-order valence-electron chi connectivity index (χ3n) is 4.89. The molecule has 3 rings (SSSR count). The van der Waals surface area contributed by atoms with Crippen LogP contribution in [0.3, 0.4) is 0 Å². The van der Waals surface area contributed by atoms with Crippen molar-refractivity contribution in [3.63, 3.8) is 0 Å². The van der Waals surface area contributed by atoms with Crippen LogP contribution in [0.1, 0.15) is 21.5 Å². The van der Waals surface area contributed by atoms with E-state index in [-0.39, 0.29) is 31.3 Å². The first-order valence-electron chi connectivity index (χ1n) is 9.70. The van der Waals surface area contributed by atoms with E-state index in [0.717, 1.165) is 11.1 Å². The summed E-state index contributed by atoms with van der Waals surface area (Å²) in [6.45, 7) is 3.07. The third kappa shape index (κ3) is 4.81. The molecule has 152 valence electrons. The van der Waals surface area contributed by atoms with E-state index in [4.69, 9.17) is 5.73 Å². The SMILES string of the molecule is Cc1cccc(C(=O)N2CCN(C(=O)Cc3ccccc3)C2C(=O)NCCN)c1. The molecule has 0 saturated carbocycles. The predicted molar refractivity (Wildman–Crippen MR) is 110 cm³/mol. The van der Waals surface area contributed by atoms with Gasteiger partial charge in [-0.2, -0.15) is 0 Å². The second-order valence-corrected chi connectivity index (χ2v) is 7.07. The van der Waals surface area contributed by atoms with E-state index >= 15 is 0 Å². The van der Waals surface area contributed by atoms with Crippen molar-refractivity contribution in [1.29, 1.82) is 0 Å². The highest BCUT2D eigenvalue weighted by Crippen LogP contribution is 2.20. The second kappa shape index (κ2) is 9.34. The molecule has 0 aliphatic carbocycles. The highest BCUT2D eigenvalue weighted by atomic mass is 16.2. The molecule has 2 aromatic carbocycles. The van der Waals surface area contributed by atoms with Crippen LogP contribution in [0.15, 0.2) is 54.6 Å². The van der Waals surface area contributed by atoms with Crippen LogP contribution in [0.2, 0.25) is 0 Å². The number of nitrogens with zero attached hydrogens (tertiary/aromatic N) is 2. The van der Waals surface area contributed by atoms with Gasteiger partial charge in [0.05, 0.1) is 6.42 Å². The molecule has 1 unspecified atom stereocenters. The maximum absolute atomic E-state index is 13.1. The first-order chi connectivity index (χ1) is 14.0. The van der Waals surface area contributed by atoms with Crippen LogP contribution in [-0.4, -0.2) is 59.9 Å². The van der Waals surface area contributed by atoms with Gasteiger partial charge in [-0.15, -0.1) is 0 Å². The van der Waals surface area contributed by atoms with E-state index in [1.54, 1.807) is 18.2 Å². The quantitative estimate of drug-likeness (QED) is 0.762. The van der Waals surface area contributed by atoms with Crippen LogP contribution >= 0.6 is 0 Å². The molecular weight excluding hydrogens is 368 g/mol. The van der Waals surface area contributed by atoms with Crippen molar-refractivity contribution in [3.05, 3.63) is 71.3 Å². The van der Waals surface area contributed by atoms with Crippen LogP contribution in [0, 0.1) is 6.92 Å². The summed E-state index contributed by atoms with van der Waals surface area (Å²) in [5.41, 5.74) is 7.82. The largest absolute Gasteiger partial charge is 0.351 e. The van der Waals surface area contributed by atoms with Gasteiger partial charge < -0.3 is 20.9 Å². The summed E-state index contributed by atoms with van der Waals surface area (Å²) in [5, 5.41) is 2.72. The van der Waals surface area contributed by atoms with Gasteiger partial charge >= 0.3 is 0 Å². The van der Waals surface area contributed by atoms with Crippen LogP contribution in [0.25, 0.3) is 0 Å². The lowest BCUT2D eigenvalue weighted by Crippen LogP contribution is -2.54. The Balaban J connectivity index is 1.83. The van der Waals surface area contributed by atoms with E-state index in [0.29, 0.717) is 18.7 Å². The molecule has 2 aromatic rings. The first-order valence-corrected chi connectivity index (χ1v) is 9.70. The molecule has 1 aliphatic rings. The molecule has 1 saturated heterocycles. The number of aryl methyl sites for hydroxylation is 1. The minimum absolute atomic E-state index is 0.175. The molecule has 0 spiro atoms. The van der Waals surface area contributed by atoms with Crippen molar-refractivity contribution < 1.29 is 14.4 Å². The average molecular weight is 394 g/mol. The fraction of sp³-hybridized carbons (Fsp3) is 0.318. The Hall–Kier alpha value is -3.19.